The minimum atomic E-state index is -3.87. The van der Waals surface area contributed by atoms with Gasteiger partial charge in [-0.25, -0.2) is 8.42 Å². The first-order valence-electron chi connectivity index (χ1n) is 3.85. The molecule has 0 atom stereocenters. The van der Waals surface area contributed by atoms with Gasteiger partial charge in [-0.3, -0.25) is 4.79 Å². The van der Waals surface area contributed by atoms with Crippen LogP contribution < -0.4 is 5.73 Å². The highest BCUT2D eigenvalue weighted by Crippen LogP contribution is 2.16. The molecule has 1 aromatic heterocycles. The molecule has 0 saturated carbocycles. The third-order valence-electron chi connectivity index (χ3n) is 1.66. The zero-order valence-electron chi connectivity index (χ0n) is 7.72. The van der Waals surface area contributed by atoms with Crippen LogP contribution in [0.25, 0.3) is 0 Å². The second kappa shape index (κ2) is 3.41. The number of nitrogens with zero attached hydrogens (tertiary/aromatic N) is 1. The van der Waals surface area contributed by atoms with Crippen molar-refractivity contribution in [1.29, 1.82) is 0 Å². The van der Waals surface area contributed by atoms with E-state index < -0.39 is 26.0 Å². The average Bonchev–Trinajstić information content (AvgIpc) is 2.49. The lowest BCUT2D eigenvalue weighted by Gasteiger charge is -2.03. The van der Waals surface area contributed by atoms with E-state index in [1.807, 2.05) is 0 Å². The monoisotopic (exact) mass is 218 g/mol. The predicted molar refractivity (Wildman–Crippen MR) is 49.3 cm³/mol. The second-order valence-electron chi connectivity index (χ2n) is 2.99. The third-order valence-corrected chi connectivity index (χ3v) is 3.61. The van der Waals surface area contributed by atoms with Gasteiger partial charge in [0, 0.05) is 0 Å². The molecule has 0 fully saturated rings. The molecule has 0 radical (unpaired) electrons. The van der Waals surface area contributed by atoms with Gasteiger partial charge in [0.1, 0.15) is 5.69 Å². The number of nitrogens with two attached hydrogens (primary N) is 1. The number of rotatable bonds is 2. The Hall–Kier alpha value is -1.37. The van der Waals surface area contributed by atoms with Crippen LogP contribution in [0.5, 0.6) is 0 Å². The lowest BCUT2D eigenvalue weighted by Crippen LogP contribution is -2.24. The molecule has 1 rings (SSSR count). The van der Waals surface area contributed by atoms with Crippen LogP contribution >= 0.6 is 0 Å². The van der Waals surface area contributed by atoms with Gasteiger partial charge in [0.15, 0.2) is 0 Å². The first-order valence-corrected chi connectivity index (χ1v) is 5.40. The predicted octanol–water partition coefficient (Wildman–Crippen LogP) is 0.220. The number of carbonyl (C=O) groups is 1. The molecule has 0 unspecified atom stereocenters. The normalized spacial score (nSPS) is 11.9. The maximum absolute atomic E-state index is 11.4. The van der Waals surface area contributed by atoms with Crippen molar-refractivity contribution in [3.8, 4) is 0 Å². The molecule has 0 amide bonds. The first kappa shape index (κ1) is 10.7. The van der Waals surface area contributed by atoms with Crippen molar-refractivity contribution in [3.63, 3.8) is 0 Å². The molecule has 14 heavy (non-hydrogen) atoms. The van der Waals surface area contributed by atoms with Gasteiger partial charge in [0.05, 0.1) is 11.4 Å². The molecule has 0 spiro atoms. The van der Waals surface area contributed by atoms with Crippen LogP contribution in [0.1, 0.15) is 24.4 Å². The molecule has 0 aromatic carbocycles. The zero-order valence-corrected chi connectivity index (χ0v) is 8.54. The summed E-state index contributed by atoms with van der Waals surface area (Å²) in [5.74, 6) is -0.418. The Morgan fingerprint density at radius 3 is 2.50 bits per heavy atom. The van der Waals surface area contributed by atoms with Crippen LogP contribution in [0.15, 0.2) is 10.7 Å². The Labute approximate surface area is 81.0 Å². The molecular weight excluding hydrogens is 208 g/mol. The Balaban J connectivity index is 3.16. The zero-order chi connectivity index (χ0) is 10.9. The lowest BCUT2D eigenvalue weighted by molar-refractivity contribution is 0.104. The maximum Gasteiger partial charge on any atom is 0.316 e. The van der Waals surface area contributed by atoms with Crippen LogP contribution in [-0.2, 0) is 9.84 Å². The van der Waals surface area contributed by atoms with Crippen LogP contribution in [0.3, 0.4) is 0 Å². The topological polar surface area (TPSA) is 103 Å². The standard InChI is InChI=1S/C7H10N2O4S/c1-4(2)14(11,12)7(10)6-5(8)3-9-13-6/h3-4H,8H2,1-2H3. The Morgan fingerprint density at radius 1 is 1.57 bits per heavy atom. The fraction of sp³-hybridized carbons (Fsp3) is 0.429. The molecule has 78 valence electrons. The molecule has 0 aliphatic rings. The summed E-state index contributed by atoms with van der Waals surface area (Å²) < 4.78 is 27.2. The van der Waals surface area contributed by atoms with Crippen molar-refractivity contribution in [2.24, 2.45) is 0 Å². The molecule has 0 bridgehead atoms. The van der Waals surface area contributed by atoms with Crippen molar-refractivity contribution in [2.45, 2.75) is 19.1 Å². The summed E-state index contributed by atoms with van der Waals surface area (Å²) in [4.78, 5) is 11.4. The largest absolute Gasteiger partial charge is 0.394 e. The summed E-state index contributed by atoms with van der Waals surface area (Å²) in [5, 5.41) is 1.30. The Morgan fingerprint density at radius 2 is 2.14 bits per heavy atom. The number of aromatic nitrogens is 1. The lowest BCUT2D eigenvalue weighted by atomic mass is 10.4. The van der Waals surface area contributed by atoms with Gasteiger partial charge in [0.2, 0.25) is 15.6 Å². The minimum Gasteiger partial charge on any atom is -0.394 e. The molecule has 1 aromatic rings. The van der Waals surface area contributed by atoms with E-state index in [9.17, 15) is 13.2 Å². The van der Waals surface area contributed by atoms with Gasteiger partial charge in [-0.15, -0.1) is 0 Å². The molecule has 0 saturated heterocycles. The summed E-state index contributed by atoms with van der Waals surface area (Å²) in [6.07, 6.45) is 1.09. The van der Waals surface area contributed by atoms with Crippen molar-refractivity contribution >= 4 is 20.6 Å². The van der Waals surface area contributed by atoms with Gasteiger partial charge >= 0.3 is 5.12 Å². The molecule has 7 heteroatoms. The van der Waals surface area contributed by atoms with Gasteiger partial charge < -0.3 is 10.3 Å². The molecular formula is C7H10N2O4S. The Kier molecular flexibility index (Phi) is 2.61. The number of carbonyl (C=O) groups excluding carboxylic acids is 1. The smallest absolute Gasteiger partial charge is 0.316 e. The number of hydrogen-bond donors (Lipinski definition) is 1. The minimum absolute atomic E-state index is 0.0702. The highest BCUT2D eigenvalue weighted by atomic mass is 32.2. The highest BCUT2D eigenvalue weighted by molar-refractivity contribution is 8.07. The van der Waals surface area contributed by atoms with E-state index in [2.05, 4.69) is 9.68 Å². The summed E-state index contributed by atoms with van der Waals surface area (Å²) in [6, 6.07) is 0. The van der Waals surface area contributed by atoms with E-state index in [-0.39, 0.29) is 5.69 Å². The van der Waals surface area contributed by atoms with E-state index in [1.165, 1.54) is 13.8 Å². The number of anilines is 1. The van der Waals surface area contributed by atoms with Gasteiger partial charge in [-0.1, -0.05) is 5.16 Å². The van der Waals surface area contributed by atoms with E-state index in [0.717, 1.165) is 6.20 Å². The number of hydrogen-bond acceptors (Lipinski definition) is 6. The van der Waals surface area contributed by atoms with E-state index in [4.69, 9.17) is 5.73 Å². The number of sulfone groups is 1. The fourth-order valence-corrected chi connectivity index (χ4v) is 1.59. The van der Waals surface area contributed by atoms with Gasteiger partial charge in [0.25, 0.3) is 0 Å². The summed E-state index contributed by atoms with van der Waals surface area (Å²) in [5.41, 5.74) is 5.23. The van der Waals surface area contributed by atoms with Crippen molar-refractivity contribution in [1.82, 2.24) is 5.16 Å². The highest BCUT2D eigenvalue weighted by Gasteiger charge is 2.32. The molecule has 0 aliphatic carbocycles. The van der Waals surface area contributed by atoms with Gasteiger partial charge in [-0.2, -0.15) is 0 Å². The van der Waals surface area contributed by atoms with Crippen LogP contribution in [0.4, 0.5) is 5.69 Å². The maximum atomic E-state index is 11.4. The van der Waals surface area contributed by atoms with Crippen LogP contribution in [0, 0.1) is 0 Å². The third kappa shape index (κ3) is 1.63. The fourth-order valence-electron chi connectivity index (χ4n) is 0.746. The average molecular weight is 218 g/mol. The Bertz CT molecular complexity index is 446. The van der Waals surface area contributed by atoms with Crippen molar-refractivity contribution in [3.05, 3.63) is 12.0 Å². The SMILES string of the molecule is CC(C)S(=O)(=O)C(=O)c1oncc1N. The van der Waals surface area contributed by atoms with E-state index in [0.29, 0.717) is 0 Å². The van der Waals surface area contributed by atoms with Crippen molar-refractivity contribution in [2.75, 3.05) is 5.73 Å². The van der Waals surface area contributed by atoms with Gasteiger partial charge in [-0.05, 0) is 13.8 Å². The molecule has 1 heterocycles. The molecule has 6 nitrogen and oxygen atoms in total. The van der Waals surface area contributed by atoms with Crippen molar-refractivity contribution < 1.29 is 17.7 Å². The molecule has 0 aliphatic heterocycles. The van der Waals surface area contributed by atoms with Crippen LogP contribution in [-0.4, -0.2) is 23.9 Å². The second-order valence-corrected chi connectivity index (χ2v) is 5.40. The van der Waals surface area contributed by atoms with Crippen LogP contribution in [0.2, 0.25) is 0 Å². The molecule has 2 N–H and O–H groups in total. The summed E-state index contributed by atoms with van der Waals surface area (Å²) >= 11 is 0. The summed E-state index contributed by atoms with van der Waals surface area (Å²) in [7, 11) is -3.87. The van der Waals surface area contributed by atoms with E-state index in [1.54, 1.807) is 0 Å². The summed E-state index contributed by atoms with van der Waals surface area (Å²) in [6.45, 7) is 2.81. The quantitative estimate of drug-likeness (QED) is 0.761. The first-order chi connectivity index (χ1) is 6.37. The van der Waals surface area contributed by atoms with E-state index >= 15 is 0 Å². The number of nitrogen functional groups attached to an aromatic ring is 1.